The number of carbonyl (C=O) groups excluding carboxylic acids is 1. The predicted molar refractivity (Wildman–Crippen MR) is 147 cm³/mol. The van der Waals surface area contributed by atoms with Gasteiger partial charge in [0.1, 0.15) is 55.8 Å². The normalized spacial score (nSPS) is 48.3. The van der Waals surface area contributed by atoms with E-state index in [2.05, 4.69) is 0 Å². The zero-order valence-corrected chi connectivity index (χ0v) is 25.2. The molecule has 0 radical (unpaired) electrons. The Morgan fingerprint density at radius 2 is 1.43 bits per heavy atom. The van der Waals surface area contributed by atoms with Crippen molar-refractivity contribution >= 4 is 11.9 Å². The summed E-state index contributed by atoms with van der Waals surface area (Å²) in [6.45, 7) is -1.07. The Bertz CT molecular complexity index is 1020. The molecule has 17 nitrogen and oxygen atoms in total. The second-order valence-corrected chi connectivity index (χ2v) is 13.1. The van der Waals surface area contributed by atoms with Gasteiger partial charge >= 0.3 is 11.9 Å². The van der Waals surface area contributed by atoms with Gasteiger partial charge < -0.3 is 74.4 Å². The number of carboxylic acid groups (broad SMARTS) is 1. The minimum atomic E-state index is -1.81. The van der Waals surface area contributed by atoms with Crippen molar-refractivity contribution in [3.63, 3.8) is 0 Å². The SMILES string of the molecule is O=C(O)CC(=O)OCC1OC(OC2CC3C(O)CC(O)CC3OC2C2CCC(O)CC2)C(OC2OCC(O)C(O)C2O)C(O)C1O. The molecule has 0 aromatic rings. The van der Waals surface area contributed by atoms with Gasteiger partial charge in [-0.25, -0.2) is 0 Å². The Labute approximate surface area is 264 Å². The smallest absolute Gasteiger partial charge is 0.317 e. The van der Waals surface area contributed by atoms with Gasteiger partial charge in [-0.2, -0.15) is 0 Å². The second kappa shape index (κ2) is 15.3. The summed E-state index contributed by atoms with van der Waals surface area (Å²) in [5, 5.41) is 92.8. The van der Waals surface area contributed by atoms with E-state index in [1.165, 1.54) is 0 Å². The van der Waals surface area contributed by atoms with E-state index in [0.717, 1.165) is 0 Å². The van der Waals surface area contributed by atoms with Crippen molar-refractivity contribution in [3.8, 4) is 0 Å². The number of aliphatic hydroxyl groups is 8. The van der Waals surface area contributed by atoms with Gasteiger partial charge in [0.2, 0.25) is 0 Å². The minimum Gasteiger partial charge on any atom is -0.481 e. The fourth-order valence-corrected chi connectivity index (χ4v) is 7.25. The van der Waals surface area contributed by atoms with Gasteiger partial charge in [0.25, 0.3) is 0 Å². The minimum absolute atomic E-state index is 0.0862. The average molecular weight is 667 g/mol. The lowest BCUT2D eigenvalue weighted by Crippen LogP contribution is -2.65. The maximum absolute atomic E-state index is 11.9. The third-order valence-electron chi connectivity index (χ3n) is 9.80. The number of hydrogen-bond donors (Lipinski definition) is 9. The molecule has 9 N–H and O–H groups in total. The van der Waals surface area contributed by atoms with Crippen LogP contribution in [0.25, 0.3) is 0 Å². The highest BCUT2D eigenvalue weighted by molar-refractivity contribution is 5.90. The maximum atomic E-state index is 11.9. The lowest BCUT2D eigenvalue weighted by atomic mass is 9.73. The van der Waals surface area contributed by atoms with E-state index in [1.54, 1.807) is 0 Å². The van der Waals surface area contributed by atoms with Gasteiger partial charge in [-0.15, -0.1) is 0 Å². The molecule has 264 valence electrons. The number of carbonyl (C=O) groups is 2. The summed E-state index contributed by atoms with van der Waals surface area (Å²) in [5.74, 6) is -3.06. The van der Waals surface area contributed by atoms with E-state index < -0.39 is 129 Å². The molecule has 17 heteroatoms. The average Bonchev–Trinajstić information content (AvgIpc) is 3.00. The molecule has 46 heavy (non-hydrogen) atoms. The van der Waals surface area contributed by atoms with Crippen LogP contribution in [0, 0.1) is 11.8 Å². The van der Waals surface area contributed by atoms with Crippen LogP contribution in [-0.2, 0) is 38.0 Å². The molecule has 15 atom stereocenters. The number of rotatable bonds is 9. The van der Waals surface area contributed by atoms with E-state index in [0.29, 0.717) is 32.1 Å². The molecule has 0 aromatic carbocycles. The van der Waals surface area contributed by atoms with Crippen LogP contribution in [0.2, 0.25) is 0 Å². The van der Waals surface area contributed by atoms with Crippen molar-refractivity contribution in [2.75, 3.05) is 13.2 Å². The molecule has 3 saturated heterocycles. The highest BCUT2D eigenvalue weighted by Crippen LogP contribution is 2.43. The third kappa shape index (κ3) is 8.16. The van der Waals surface area contributed by atoms with Crippen LogP contribution in [0.3, 0.4) is 0 Å². The van der Waals surface area contributed by atoms with Crippen molar-refractivity contribution in [1.82, 2.24) is 0 Å². The van der Waals surface area contributed by atoms with Gasteiger partial charge in [-0.3, -0.25) is 9.59 Å². The van der Waals surface area contributed by atoms with Gasteiger partial charge in [0.05, 0.1) is 43.2 Å². The molecular formula is C29H46O17. The van der Waals surface area contributed by atoms with E-state index >= 15 is 0 Å². The first-order valence-corrected chi connectivity index (χ1v) is 15.9. The Hall–Kier alpha value is -1.58. The fourth-order valence-electron chi connectivity index (χ4n) is 7.25. The summed E-state index contributed by atoms with van der Waals surface area (Å²) >= 11 is 0. The van der Waals surface area contributed by atoms with E-state index in [4.69, 9.17) is 33.5 Å². The van der Waals surface area contributed by atoms with Crippen molar-refractivity contribution in [1.29, 1.82) is 0 Å². The summed E-state index contributed by atoms with van der Waals surface area (Å²) < 4.78 is 35.0. The summed E-state index contributed by atoms with van der Waals surface area (Å²) in [7, 11) is 0. The molecule has 15 unspecified atom stereocenters. The number of esters is 1. The van der Waals surface area contributed by atoms with E-state index in [-0.39, 0.29) is 18.8 Å². The van der Waals surface area contributed by atoms with Crippen LogP contribution in [-0.4, -0.2) is 163 Å². The van der Waals surface area contributed by atoms with Crippen LogP contribution in [0.4, 0.5) is 0 Å². The molecule has 0 amide bonds. The molecule has 2 saturated carbocycles. The molecule has 5 fully saturated rings. The number of carboxylic acids is 1. The van der Waals surface area contributed by atoms with Crippen molar-refractivity contribution in [3.05, 3.63) is 0 Å². The summed E-state index contributed by atoms with van der Waals surface area (Å²) in [6, 6.07) is 0. The first-order chi connectivity index (χ1) is 21.8. The largest absolute Gasteiger partial charge is 0.481 e. The molecule has 5 aliphatic rings. The summed E-state index contributed by atoms with van der Waals surface area (Å²) in [5.41, 5.74) is 0. The molecule has 3 heterocycles. The molecular weight excluding hydrogens is 620 g/mol. The molecule has 2 aliphatic carbocycles. The molecule has 3 aliphatic heterocycles. The number of aliphatic carboxylic acids is 1. The molecule has 5 rings (SSSR count). The molecule has 0 spiro atoms. The first kappa shape index (κ1) is 35.7. The third-order valence-corrected chi connectivity index (χ3v) is 9.80. The topological polar surface area (TPSA) is 272 Å². The van der Waals surface area contributed by atoms with E-state index in [1.807, 2.05) is 0 Å². The van der Waals surface area contributed by atoms with Crippen molar-refractivity contribution in [2.24, 2.45) is 11.8 Å². The predicted octanol–water partition coefficient (Wildman–Crippen LogP) is -3.50. The number of ether oxygens (including phenoxy) is 6. The molecule has 0 bridgehead atoms. The number of hydrogen-bond acceptors (Lipinski definition) is 16. The van der Waals surface area contributed by atoms with Crippen LogP contribution >= 0.6 is 0 Å². The zero-order valence-electron chi connectivity index (χ0n) is 25.2. The van der Waals surface area contributed by atoms with Crippen molar-refractivity contribution in [2.45, 2.75) is 143 Å². The number of fused-ring (bicyclic) bond motifs is 1. The summed E-state index contributed by atoms with van der Waals surface area (Å²) in [6.07, 6.45) is -16.5. The van der Waals surface area contributed by atoms with Gasteiger partial charge in [0, 0.05) is 5.92 Å². The second-order valence-electron chi connectivity index (χ2n) is 13.1. The lowest BCUT2D eigenvalue weighted by Gasteiger charge is -2.51. The quantitative estimate of drug-likeness (QED) is 0.0853. The van der Waals surface area contributed by atoms with Gasteiger partial charge in [0.15, 0.2) is 12.6 Å². The van der Waals surface area contributed by atoms with Crippen LogP contribution in [0.1, 0.15) is 51.4 Å². The Morgan fingerprint density at radius 3 is 2.13 bits per heavy atom. The first-order valence-electron chi connectivity index (χ1n) is 15.9. The highest BCUT2D eigenvalue weighted by Gasteiger charge is 2.53. The highest BCUT2D eigenvalue weighted by atomic mass is 16.8. The van der Waals surface area contributed by atoms with E-state index in [9.17, 15) is 50.4 Å². The fraction of sp³-hybridized carbons (Fsp3) is 0.931. The Morgan fingerprint density at radius 1 is 0.717 bits per heavy atom. The van der Waals surface area contributed by atoms with Gasteiger partial charge in [-0.1, -0.05) is 0 Å². The Kier molecular flexibility index (Phi) is 11.9. The zero-order chi connectivity index (χ0) is 33.3. The van der Waals surface area contributed by atoms with Crippen LogP contribution in [0.5, 0.6) is 0 Å². The maximum Gasteiger partial charge on any atom is 0.317 e. The summed E-state index contributed by atoms with van der Waals surface area (Å²) in [4.78, 5) is 22.8. The number of aliphatic hydroxyl groups excluding tert-OH is 8. The van der Waals surface area contributed by atoms with Crippen molar-refractivity contribution < 1.29 is 84.0 Å². The lowest BCUT2D eigenvalue weighted by molar-refractivity contribution is -0.371. The van der Waals surface area contributed by atoms with Crippen LogP contribution in [0.15, 0.2) is 0 Å². The van der Waals surface area contributed by atoms with Gasteiger partial charge in [-0.05, 0) is 50.9 Å². The van der Waals surface area contributed by atoms with Crippen LogP contribution < -0.4 is 0 Å². The Balaban J connectivity index is 1.39. The standard InChI is InChI=1S/C29H46O17/c30-12-3-1-11(2-4-12)26-18(7-14-15(32)5-13(31)6-17(14)43-26)44-29-27(46-28-25(40)22(37)16(33)9-42-28)24(39)23(38)19(45-29)10-41-21(36)8-20(34)35/h11-19,22-33,37-40H,1-10H2,(H,34,35). The molecule has 0 aromatic heterocycles. The monoisotopic (exact) mass is 666 g/mol.